The second-order valence-corrected chi connectivity index (χ2v) is 6.21. The van der Waals surface area contributed by atoms with Crippen LogP contribution >= 0.6 is 0 Å². The first-order valence-corrected chi connectivity index (χ1v) is 8.12. The van der Waals surface area contributed by atoms with Crippen LogP contribution in [0.25, 0.3) is 0 Å². The maximum Gasteiger partial charge on any atom is 0.257 e. The fraction of sp³-hybridized carbons (Fsp3) is 0.471. The summed E-state index contributed by atoms with van der Waals surface area (Å²) in [4.78, 5) is 20.5. The molecule has 1 aromatic heterocycles. The van der Waals surface area contributed by atoms with Crippen molar-refractivity contribution in [3.63, 3.8) is 0 Å². The molecule has 1 unspecified atom stereocenters. The van der Waals surface area contributed by atoms with Crippen LogP contribution < -0.4 is 4.90 Å². The summed E-state index contributed by atoms with van der Waals surface area (Å²) in [6.45, 7) is 0.562. The summed E-state index contributed by atoms with van der Waals surface area (Å²) in [6, 6.07) is 4.41. The van der Waals surface area contributed by atoms with Gasteiger partial charge in [-0.2, -0.15) is 4.98 Å². The Morgan fingerprint density at radius 3 is 2.83 bits per heavy atom. The molecule has 1 amide bonds. The first-order chi connectivity index (χ1) is 11.6. The predicted octanol–water partition coefficient (Wildman–Crippen LogP) is 3.03. The van der Waals surface area contributed by atoms with Crippen molar-refractivity contribution in [2.24, 2.45) is 0 Å². The third kappa shape index (κ3) is 3.25. The standard InChI is InChI=1S/C17H21FN4O2/c1-21(2)12-7-8-13(14(18)10-12)17(23)22-9-5-3-4-6-15(22)16-19-11-24-20-16/h7-8,10-11,15H,3-6,9H2,1-2H3. The smallest absolute Gasteiger partial charge is 0.257 e. The topological polar surface area (TPSA) is 62.5 Å². The summed E-state index contributed by atoms with van der Waals surface area (Å²) in [6.07, 6.45) is 4.90. The minimum absolute atomic E-state index is 0.0796. The Morgan fingerprint density at radius 2 is 2.17 bits per heavy atom. The van der Waals surface area contributed by atoms with Gasteiger partial charge in [-0.3, -0.25) is 4.79 Å². The summed E-state index contributed by atoms with van der Waals surface area (Å²) in [5, 5.41) is 3.89. The van der Waals surface area contributed by atoms with E-state index >= 15 is 0 Å². The summed E-state index contributed by atoms with van der Waals surface area (Å²) in [5.41, 5.74) is 0.797. The largest absolute Gasteiger partial charge is 0.378 e. The molecule has 1 aliphatic heterocycles. The van der Waals surface area contributed by atoms with Crippen molar-refractivity contribution in [2.75, 3.05) is 25.5 Å². The number of likely N-dealkylation sites (tertiary alicyclic amines) is 1. The van der Waals surface area contributed by atoms with E-state index in [-0.39, 0.29) is 17.5 Å². The second-order valence-electron chi connectivity index (χ2n) is 6.21. The lowest BCUT2D eigenvalue weighted by atomic mass is 10.1. The van der Waals surface area contributed by atoms with Crippen LogP contribution in [0.4, 0.5) is 10.1 Å². The molecule has 0 N–H and O–H groups in total. The maximum absolute atomic E-state index is 14.5. The Balaban J connectivity index is 1.91. The minimum atomic E-state index is -0.512. The predicted molar refractivity (Wildman–Crippen MR) is 87.3 cm³/mol. The number of hydrogen-bond acceptors (Lipinski definition) is 5. The van der Waals surface area contributed by atoms with Gasteiger partial charge >= 0.3 is 0 Å². The number of carbonyl (C=O) groups excluding carboxylic acids is 1. The fourth-order valence-electron chi connectivity index (χ4n) is 3.06. The zero-order valence-corrected chi connectivity index (χ0v) is 13.9. The van der Waals surface area contributed by atoms with E-state index in [2.05, 4.69) is 10.1 Å². The van der Waals surface area contributed by atoms with Gasteiger partial charge in [0.1, 0.15) is 5.82 Å². The molecule has 6 nitrogen and oxygen atoms in total. The molecule has 0 aliphatic carbocycles. The highest BCUT2D eigenvalue weighted by molar-refractivity contribution is 5.95. The van der Waals surface area contributed by atoms with Gasteiger partial charge in [0.2, 0.25) is 6.39 Å². The molecule has 0 bridgehead atoms. The first-order valence-electron chi connectivity index (χ1n) is 8.12. The minimum Gasteiger partial charge on any atom is -0.378 e. The zero-order chi connectivity index (χ0) is 17.1. The summed E-state index contributed by atoms with van der Waals surface area (Å²) in [5.74, 6) is -0.354. The van der Waals surface area contributed by atoms with E-state index in [0.29, 0.717) is 12.4 Å². The Morgan fingerprint density at radius 1 is 1.33 bits per heavy atom. The number of amides is 1. The van der Waals surface area contributed by atoms with Crippen LogP contribution in [0.1, 0.15) is 47.9 Å². The normalized spacial score (nSPS) is 18.3. The van der Waals surface area contributed by atoms with Crippen molar-refractivity contribution in [2.45, 2.75) is 31.7 Å². The summed E-state index contributed by atoms with van der Waals surface area (Å²) < 4.78 is 19.3. The van der Waals surface area contributed by atoms with E-state index in [9.17, 15) is 9.18 Å². The van der Waals surface area contributed by atoms with E-state index in [1.807, 2.05) is 14.1 Å². The van der Waals surface area contributed by atoms with Gasteiger partial charge in [-0.25, -0.2) is 4.39 Å². The number of halogens is 1. The summed E-state index contributed by atoms with van der Waals surface area (Å²) >= 11 is 0. The highest BCUT2D eigenvalue weighted by Gasteiger charge is 2.31. The molecule has 1 atom stereocenters. The molecule has 0 saturated carbocycles. The van der Waals surface area contributed by atoms with Gasteiger partial charge in [0, 0.05) is 26.3 Å². The van der Waals surface area contributed by atoms with Crippen molar-refractivity contribution in [1.82, 2.24) is 15.0 Å². The molecule has 1 aliphatic rings. The molecule has 1 aromatic carbocycles. The molecule has 2 aromatic rings. The van der Waals surface area contributed by atoms with Crippen molar-refractivity contribution in [3.8, 4) is 0 Å². The lowest BCUT2D eigenvalue weighted by Gasteiger charge is -2.28. The highest BCUT2D eigenvalue weighted by Crippen LogP contribution is 2.30. The maximum atomic E-state index is 14.5. The first kappa shape index (κ1) is 16.4. The van der Waals surface area contributed by atoms with E-state index in [0.717, 1.165) is 31.4 Å². The van der Waals surface area contributed by atoms with Gasteiger partial charge in [-0.05, 0) is 31.0 Å². The van der Waals surface area contributed by atoms with E-state index in [1.165, 1.54) is 12.5 Å². The molecular formula is C17H21FN4O2. The van der Waals surface area contributed by atoms with Crippen molar-refractivity contribution in [1.29, 1.82) is 0 Å². The third-order valence-electron chi connectivity index (χ3n) is 4.39. The molecule has 0 radical (unpaired) electrons. The second kappa shape index (κ2) is 6.98. The van der Waals surface area contributed by atoms with Crippen molar-refractivity contribution < 1.29 is 13.7 Å². The number of rotatable bonds is 3. The van der Waals surface area contributed by atoms with Gasteiger partial charge in [0.05, 0.1) is 11.6 Å². The van der Waals surface area contributed by atoms with Gasteiger partial charge in [-0.15, -0.1) is 0 Å². The zero-order valence-electron chi connectivity index (χ0n) is 13.9. The molecule has 7 heteroatoms. The molecule has 128 valence electrons. The molecule has 24 heavy (non-hydrogen) atoms. The molecule has 2 heterocycles. The average molecular weight is 332 g/mol. The van der Waals surface area contributed by atoms with Gasteiger partial charge in [0.25, 0.3) is 5.91 Å². The van der Waals surface area contributed by atoms with Crippen LogP contribution in [0.3, 0.4) is 0 Å². The molecule has 1 fully saturated rings. The highest BCUT2D eigenvalue weighted by atomic mass is 19.1. The summed E-state index contributed by atoms with van der Waals surface area (Å²) in [7, 11) is 3.66. The van der Waals surface area contributed by atoms with Crippen LogP contribution in [0, 0.1) is 5.82 Å². The van der Waals surface area contributed by atoms with E-state index in [1.54, 1.807) is 21.9 Å². The molecule has 3 rings (SSSR count). The van der Waals surface area contributed by atoms with Gasteiger partial charge in [0.15, 0.2) is 5.82 Å². The van der Waals surface area contributed by atoms with Crippen LogP contribution in [0.15, 0.2) is 29.1 Å². The third-order valence-corrected chi connectivity index (χ3v) is 4.39. The van der Waals surface area contributed by atoms with Crippen LogP contribution in [-0.4, -0.2) is 41.6 Å². The quantitative estimate of drug-likeness (QED) is 0.864. The lowest BCUT2D eigenvalue weighted by Crippen LogP contribution is -2.35. The van der Waals surface area contributed by atoms with Crippen LogP contribution in [-0.2, 0) is 0 Å². The van der Waals surface area contributed by atoms with E-state index < -0.39 is 5.82 Å². The Hall–Kier alpha value is -2.44. The Bertz CT molecular complexity index is 703. The number of nitrogens with zero attached hydrogens (tertiary/aromatic N) is 4. The lowest BCUT2D eigenvalue weighted by molar-refractivity contribution is 0.0665. The molecular weight excluding hydrogens is 311 g/mol. The van der Waals surface area contributed by atoms with Gasteiger partial charge < -0.3 is 14.3 Å². The van der Waals surface area contributed by atoms with Gasteiger partial charge in [-0.1, -0.05) is 18.0 Å². The van der Waals surface area contributed by atoms with Crippen molar-refractivity contribution >= 4 is 11.6 Å². The SMILES string of the molecule is CN(C)c1ccc(C(=O)N2CCCCCC2c2ncon2)c(F)c1. The van der Waals surface area contributed by atoms with Crippen LogP contribution in [0.5, 0.6) is 0 Å². The monoisotopic (exact) mass is 332 g/mol. The average Bonchev–Trinajstić information content (AvgIpc) is 2.98. The number of carbonyl (C=O) groups is 1. The Labute approximate surface area is 140 Å². The number of aromatic nitrogens is 2. The Kier molecular flexibility index (Phi) is 4.78. The molecule has 0 spiro atoms. The van der Waals surface area contributed by atoms with Crippen LogP contribution in [0.2, 0.25) is 0 Å². The number of benzene rings is 1. The number of anilines is 1. The van der Waals surface area contributed by atoms with Crippen molar-refractivity contribution in [3.05, 3.63) is 41.8 Å². The fourth-order valence-corrected chi connectivity index (χ4v) is 3.06. The van der Waals surface area contributed by atoms with E-state index in [4.69, 9.17) is 4.52 Å². The molecule has 1 saturated heterocycles. The number of hydrogen-bond donors (Lipinski definition) is 0.